The minimum Gasteiger partial charge on any atom is -0.481 e. The van der Waals surface area contributed by atoms with Crippen LogP contribution < -0.4 is 0 Å². The van der Waals surface area contributed by atoms with Crippen LogP contribution in [0.4, 0.5) is 0 Å². The van der Waals surface area contributed by atoms with Crippen LogP contribution in [-0.4, -0.2) is 46.3 Å². The molecule has 0 aliphatic carbocycles. The number of likely N-dealkylation sites (N-methyl/N-ethyl adjacent to an activating group) is 1. The first kappa shape index (κ1) is 12.0. The van der Waals surface area contributed by atoms with Crippen LogP contribution in [0.2, 0.25) is 0 Å². The van der Waals surface area contributed by atoms with Gasteiger partial charge >= 0.3 is 5.97 Å². The van der Waals surface area contributed by atoms with E-state index in [0.717, 1.165) is 31.8 Å². The molecule has 6 nitrogen and oxygen atoms in total. The number of hydrogen-bond donors (Lipinski definition) is 1. The number of carboxylic acid groups (broad SMARTS) is 1. The van der Waals surface area contributed by atoms with Gasteiger partial charge in [0.05, 0.1) is 6.42 Å². The molecule has 0 amide bonds. The molecule has 0 saturated carbocycles. The zero-order valence-corrected chi connectivity index (χ0v) is 9.93. The monoisotopic (exact) mass is 239 g/mol. The first-order chi connectivity index (χ1) is 8.15. The highest BCUT2D eigenvalue weighted by Gasteiger charge is 2.23. The van der Waals surface area contributed by atoms with E-state index >= 15 is 0 Å². The highest BCUT2D eigenvalue weighted by molar-refractivity contribution is 5.66. The zero-order valence-electron chi connectivity index (χ0n) is 9.93. The van der Waals surface area contributed by atoms with E-state index in [4.69, 9.17) is 9.63 Å². The van der Waals surface area contributed by atoms with E-state index in [1.165, 1.54) is 0 Å². The third-order valence-corrected chi connectivity index (χ3v) is 3.03. The van der Waals surface area contributed by atoms with Crippen molar-refractivity contribution in [3.63, 3.8) is 0 Å². The summed E-state index contributed by atoms with van der Waals surface area (Å²) in [5.74, 6) is 0.616. The standard InChI is InChI=1S/C11H17N3O3/c1-14-6-2-3-8(7-14)11-12-9(17-13-11)4-5-10(15)16/h8H,2-7H2,1H3,(H,15,16). The zero-order chi connectivity index (χ0) is 12.3. The quantitative estimate of drug-likeness (QED) is 0.840. The van der Waals surface area contributed by atoms with Gasteiger partial charge in [-0.2, -0.15) is 4.98 Å². The van der Waals surface area contributed by atoms with Crippen molar-refractivity contribution in [3.05, 3.63) is 11.7 Å². The van der Waals surface area contributed by atoms with Crippen molar-refractivity contribution in [2.45, 2.75) is 31.6 Å². The van der Waals surface area contributed by atoms with Gasteiger partial charge in [-0.3, -0.25) is 4.79 Å². The lowest BCUT2D eigenvalue weighted by atomic mass is 9.98. The number of nitrogens with zero attached hydrogens (tertiary/aromatic N) is 3. The van der Waals surface area contributed by atoms with Crippen molar-refractivity contribution >= 4 is 5.97 Å². The fraction of sp³-hybridized carbons (Fsp3) is 0.727. The molecule has 2 rings (SSSR count). The molecule has 1 aromatic heterocycles. The molecule has 0 spiro atoms. The number of aryl methyl sites for hydroxylation is 1. The summed E-state index contributed by atoms with van der Waals surface area (Å²) in [6.45, 7) is 2.05. The Kier molecular flexibility index (Phi) is 3.73. The Morgan fingerprint density at radius 2 is 2.47 bits per heavy atom. The van der Waals surface area contributed by atoms with Gasteiger partial charge < -0.3 is 14.5 Å². The average Bonchev–Trinajstić information content (AvgIpc) is 2.75. The lowest BCUT2D eigenvalue weighted by molar-refractivity contribution is -0.137. The van der Waals surface area contributed by atoms with Crippen LogP contribution in [0.5, 0.6) is 0 Å². The van der Waals surface area contributed by atoms with Crippen LogP contribution >= 0.6 is 0 Å². The molecule has 1 N–H and O–H groups in total. The first-order valence-corrected chi connectivity index (χ1v) is 5.88. The Bertz CT molecular complexity index is 391. The molecule has 94 valence electrons. The van der Waals surface area contributed by atoms with E-state index in [9.17, 15) is 4.79 Å². The second-order valence-electron chi connectivity index (χ2n) is 4.54. The fourth-order valence-corrected chi connectivity index (χ4v) is 2.13. The lowest BCUT2D eigenvalue weighted by Crippen LogP contribution is -2.31. The van der Waals surface area contributed by atoms with Crippen molar-refractivity contribution in [1.29, 1.82) is 0 Å². The Labute approximate surface area is 99.6 Å². The molecule has 0 aromatic carbocycles. The number of rotatable bonds is 4. The largest absolute Gasteiger partial charge is 0.481 e. The molecule has 6 heteroatoms. The molecular formula is C11H17N3O3. The minimum atomic E-state index is -0.845. The van der Waals surface area contributed by atoms with E-state index in [1.54, 1.807) is 0 Å². The number of likely N-dealkylation sites (tertiary alicyclic amines) is 1. The highest BCUT2D eigenvalue weighted by Crippen LogP contribution is 2.23. The molecule has 2 heterocycles. The van der Waals surface area contributed by atoms with Crippen LogP contribution in [0.3, 0.4) is 0 Å². The van der Waals surface area contributed by atoms with Gasteiger partial charge in [0.2, 0.25) is 5.89 Å². The van der Waals surface area contributed by atoms with Gasteiger partial charge in [-0.25, -0.2) is 0 Å². The first-order valence-electron chi connectivity index (χ1n) is 5.88. The lowest BCUT2D eigenvalue weighted by Gasteiger charge is -2.27. The molecule has 1 aromatic rings. The summed E-state index contributed by atoms with van der Waals surface area (Å²) >= 11 is 0. The predicted molar refractivity (Wildman–Crippen MR) is 59.7 cm³/mol. The Hall–Kier alpha value is -1.43. The van der Waals surface area contributed by atoms with Crippen molar-refractivity contribution in [2.75, 3.05) is 20.1 Å². The number of piperidine rings is 1. The minimum absolute atomic E-state index is 0.0339. The summed E-state index contributed by atoms with van der Waals surface area (Å²) in [6, 6.07) is 0. The SMILES string of the molecule is CN1CCCC(c2noc(CCC(=O)O)n2)C1. The molecular weight excluding hydrogens is 222 g/mol. The molecule has 1 fully saturated rings. The normalized spacial score (nSPS) is 21.6. The van der Waals surface area contributed by atoms with Crippen molar-refractivity contribution < 1.29 is 14.4 Å². The maximum Gasteiger partial charge on any atom is 0.303 e. The van der Waals surface area contributed by atoms with Gasteiger partial charge in [-0.05, 0) is 26.4 Å². The van der Waals surface area contributed by atoms with E-state index in [-0.39, 0.29) is 6.42 Å². The van der Waals surface area contributed by atoms with Crippen LogP contribution in [0.1, 0.15) is 36.9 Å². The van der Waals surface area contributed by atoms with Crippen LogP contribution in [0.25, 0.3) is 0 Å². The summed E-state index contributed by atoms with van der Waals surface area (Å²) in [6.07, 6.45) is 2.56. The van der Waals surface area contributed by atoms with Crippen molar-refractivity contribution in [3.8, 4) is 0 Å². The van der Waals surface area contributed by atoms with Gasteiger partial charge in [0, 0.05) is 18.9 Å². The molecule has 0 radical (unpaired) electrons. The fourth-order valence-electron chi connectivity index (χ4n) is 2.13. The summed E-state index contributed by atoms with van der Waals surface area (Å²) < 4.78 is 5.06. The molecule has 17 heavy (non-hydrogen) atoms. The van der Waals surface area contributed by atoms with Crippen LogP contribution in [0.15, 0.2) is 4.52 Å². The van der Waals surface area contributed by atoms with Crippen LogP contribution in [0, 0.1) is 0 Å². The van der Waals surface area contributed by atoms with E-state index in [0.29, 0.717) is 18.2 Å². The van der Waals surface area contributed by atoms with Gasteiger partial charge in [0.1, 0.15) is 0 Å². The smallest absolute Gasteiger partial charge is 0.303 e. The van der Waals surface area contributed by atoms with E-state index < -0.39 is 5.97 Å². The number of carbonyl (C=O) groups is 1. The Morgan fingerprint density at radius 3 is 3.18 bits per heavy atom. The highest BCUT2D eigenvalue weighted by atomic mass is 16.5. The number of carboxylic acids is 1. The van der Waals surface area contributed by atoms with Gasteiger partial charge in [-0.15, -0.1) is 0 Å². The molecule has 1 unspecified atom stereocenters. The molecule has 1 saturated heterocycles. The van der Waals surface area contributed by atoms with Crippen molar-refractivity contribution in [2.24, 2.45) is 0 Å². The topological polar surface area (TPSA) is 79.5 Å². The van der Waals surface area contributed by atoms with Crippen LogP contribution in [-0.2, 0) is 11.2 Å². The average molecular weight is 239 g/mol. The van der Waals surface area contributed by atoms with Gasteiger partial charge in [-0.1, -0.05) is 5.16 Å². The third kappa shape index (κ3) is 3.26. The predicted octanol–water partition coefficient (Wildman–Crippen LogP) is 0.896. The number of aromatic nitrogens is 2. The molecule has 1 aliphatic rings. The maximum atomic E-state index is 10.4. The maximum absolute atomic E-state index is 10.4. The number of hydrogen-bond acceptors (Lipinski definition) is 5. The summed E-state index contributed by atoms with van der Waals surface area (Å²) in [4.78, 5) is 17.0. The van der Waals surface area contributed by atoms with Gasteiger partial charge in [0.15, 0.2) is 5.82 Å². The van der Waals surface area contributed by atoms with Crippen molar-refractivity contribution in [1.82, 2.24) is 15.0 Å². The Morgan fingerprint density at radius 1 is 1.65 bits per heavy atom. The second-order valence-corrected chi connectivity index (χ2v) is 4.54. The second kappa shape index (κ2) is 5.27. The summed E-state index contributed by atoms with van der Waals surface area (Å²) in [5.41, 5.74) is 0. The number of aliphatic carboxylic acids is 1. The molecule has 1 aliphatic heterocycles. The summed E-state index contributed by atoms with van der Waals surface area (Å²) in [5, 5.41) is 12.5. The van der Waals surface area contributed by atoms with E-state index in [1.807, 2.05) is 0 Å². The molecule has 1 atom stereocenters. The summed E-state index contributed by atoms with van der Waals surface area (Å²) in [7, 11) is 2.08. The third-order valence-electron chi connectivity index (χ3n) is 3.03. The van der Waals surface area contributed by atoms with E-state index in [2.05, 4.69) is 22.1 Å². The molecule has 0 bridgehead atoms. The Balaban J connectivity index is 1.95. The van der Waals surface area contributed by atoms with Gasteiger partial charge in [0.25, 0.3) is 0 Å².